The second-order valence-corrected chi connectivity index (χ2v) is 8.15. The lowest BCUT2D eigenvalue weighted by molar-refractivity contribution is 0.102. The number of methoxy groups -OCH3 is 1. The molecule has 0 bridgehead atoms. The van der Waals surface area contributed by atoms with Gasteiger partial charge in [-0.1, -0.05) is 72.4 Å². The van der Waals surface area contributed by atoms with E-state index in [0.717, 1.165) is 22.1 Å². The van der Waals surface area contributed by atoms with E-state index in [4.69, 9.17) is 4.74 Å². The van der Waals surface area contributed by atoms with E-state index in [1.54, 1.807) is 18.9 Å². The summed E-state index contributed by atoms with van der Waals surface area (Å²) < 4.78 is 7.35. The Hall–Kier alpha value is -3.84. The topological polar surface area (TPSA) is 69.0 Å². The molecule has 0 spiro atoms. The minimum atomic E-state index is -0.183. The maximum Gasteiger partial charge on any atom is 0.255 e. The molecule has 0 aliphatic heterocycles. The Balaban J connectivity index is 1.43. The summed E-state index contributed by atoms with van der Waals surface area (Å²) in [6, 6.07) is 24.9. The summed E-state index contributed by atoms with van der Waals surface area (Å²) in [5.74, 6) is 1.97. The third-order valence-electron chi connectivity index (χ3n) is 5.00. The fourth-order valence-electron chi connectivity index (χ4n) is 3.33. The van der Waals surface area contributed by atoms with Crippen LogP contribution < -0.4 is 10.1 Å². The van der Waals surface area contributed by atoms with Gasteiger partial charge in [-0.05, 0) is 29.8 Å². The zero-order valence-electron chi connectivity index (χ0n) is 18.3. The van der Waals surface area contributed by atoms with Gasteiger partial charge in [0.05, 0.1) is 12.8 Å². The summed E-state index contributed by atoms with van der Waals surface area (Å²) in [6.45, 7) is 4.49. The van der Waals surface area contributed by atoms with Gasteiger partial charge in [0.1, 0.15) is 5.75 Å². The highest BCUT2D eigenvalue weighted by Crippen LogP contribution is 2.27. The lowest BCUT2D eigenvalue weighted by Gasteiger charge is -2.10. The average Bonchev–Trinajstić information content (AvgIpc) is 3.26. The van der Waals surface area contributed by atoms with Crippen LogP contribution >= 0.6 is 11.8 Å². The quantitative estimate of drug-likeness (QED) is 0.259. The third kappa shape index (κ3) is 5.32. The highest BCUT2D eigenvalue weighted by molar-refractivity contribution is 7.98. The molecule has 3 aromatic carbocycles. The molecule has 7 heteroatoms. The van der Waals surface area contributed by atoms with Crippen molar-refractivity contribution in [2.75, 3.05) is 12.4 Å². The van der Waals surface area contributed by atoms with E-state index in [1.165, 1.54) is 0 Å². The molecule has 4 aromatic rings. The van der Waals surface area contributed by atoms with Crippen LogP contribution in [0, 0.1) is 0 Å². The number of nitrogens with one attached hydrogen (secondary N) is 1. The number of aromatic nitrogens is 3. The summed E-state index contributed by atoms with van der Waals surface area (Å²) in [5.41, 5.74) is 3.32. The fourth-order valence-corrected chi connectivity index (χ4v) is 4.24. The Morgan fingerprint density at radius 3 is 2.48 bits per heavy atom. The molecule has 33 heavy (non-hydrogen) atoms. The van der Waals surface area contributed by atoms with Crippen LogP contribution in [-0.4, -0.2) is 27.8 Å². The normalized spacial score (nSPS) is 10.6. The molecule has 166 valence electrons. The van der Waals surface area contributed by atoms with E-state index < -0.39 is 0 Å². The first-order valence-electron chi connectivity index (χ1n) is 10.4. The van der Waals surface area contributed by atoms with Crippen molar-refractivity contribution in [1.29, 1.82) is 0 Å². The fraction of sp³-hybridized carbons (Fsp3) is 0.115. The number of carbonyl (C=O) groups is 1. The van der Waals surface area contributed by atoms with Crippen molar-refractivity contribution in [3.8, 4) is 17.1 Å². The number of carbonyl (C=O) groups excluding carboxylic acids is 1. The molecule has 0 aliphatic carbocycles. The highest BCUT2D eigenvalue weighted by Gasteiger charge is 2.14. The van der Waals surface area contributed by atoms with E-state index in [1.807, 2.05) is 84.9 Å². The highest BCUT2D eigenvalue weighted by atomic mass is 32.2. The number of anilines is 1. The number of rotatable bonds is 9. The molecule has 0 unspecified atom stereocenters. The first-order valence-corrected chi connectivity index (χ1v) is 11.4. The summed E-state index contributed by atoms with van der Waals surface area (Å²) >= 11 is 1.60. The second kappa shape index (κ2) is 10.7. The van der Waals surface area contributed by atoms with Gasteiger partial charge < -0.3 is 10.1 Å². The van der Waals surface area contributed by atoms with Gasteiger partial charge in [0.15, 0.2) is 11.0 Å². The molecule has 1 amide bonds. The van der Waals surface area contributed by atoms with Gasteiger partial charge >= 0.3 is 0 Å². The first-order chi connectivity index (χ1) is 16.2. The molecule has 4 rings (SSSR count). The van der Waals surface area contributed by atoms with Crippen molar-refractivity contribution in [3.05, 3.63) is 103 Å². The van der Waals surface area contributed by atoms with Gasteiger partial charge in [-0.2, -0.15) is 0 Å². The molecule has 0 saturated heterocycles. The van der Waals surface area contributed by atoms with E-state index in [-0.39, 0.29) is 5.91 Å². The molecular formula is C26H24N4O2S. The van der Waals surface area contributed by atoms with Crippen molar-refractivity contribution < 1.29 is 9.53 Å². The van der Waals surface area contributed by atoms with Crippen molar-refractivity contribution in [1.82, 2.24) is 14.8 Å². The van der Waals surface area contributed by atoms with Crippen LogP contribution in [0.5, 0.6) is 5.75 Å². The number of allylic oxidation sites excluding steroid dienone is 1. The van der Waals surface area contributed by atoms with Crippen LogP contribution in [-0.2, 0) is 12.3 Å². The largest absolute Gasteiger partial charge is 0.495 e. The van der Waals surface area contributed by atoms with Gasteiger partial charge in [0, 0.05) is 23.4 Å². The lowest BCUT2D eigenvalue weighted by atomic mass is 10.1. The predicted octanol–water partition coefficient (Wildman–Crippen LogP) is 5.68. The minimum Gasteiger partial charge on any atom is -0.495 e. The third-order valence-corrected chi connectivity index (χ3v) is 6.04. The first kappa shape index (κ1) is 22.4. The maximum absolute atomic E-state index is 12.6. The van der Waals surface area contributed by atoms with Crippen molar-refractivity contribution in [2.45, 2.75) is 17.5 Å². The van der Waals surface area contributed by atoms with E-state index in [0.29, 0.717) is 29.3 Å². The monoisotopic (exact) mass is 456 g/mol. The minimum absolute atomic E-state index is 0.183. The predicted molar refractivity (Wildman–Crippen MR) is 133 cm³/mol. The van der Waals surface area contributed by atoms with Gasteiger partial charge in [-0.25, -0.2) is 0 Å². The van der Waals surface area contributed by atoms with Crippen LogP contribution in [0.4, 0.5) is 5.69 Å². The Labute approximate surface area is 197 Å². The zero-order valence-corrected chi connectivity index (χ0v) is 19.1. The van der Waals surface area contributed by atoms with Crippen LogP contribution in [0.15, 0.2) is 96.7 Å². The van der Waals surface area contributed by atoms with Crippen molar-refractivity contribution in [2.24, 2.45) is 0 Å². The number of ether oxygens (including phenoxy) is 1. The van der Waals surface area contributed by atoms with Crippen LogP contribution in [0.3, 0.4) is 0 Å². The number of amides is 1. The Morgan fingerprint density at radius 2 is 1.76 bits per heavy atom. The zero-order chi connectivity index (χ0) is 23.0. The van der Waals surface area contributed by atoms with E-state index >= 15 is 0 Å². The van der Waals surface area contributed by atoms with E-state index in [2.05, 4.69) is 26.7 Å². The van der Waals surface area contributed by atoms with E-state index in [9.17, 15) is 4.79 Å². The number of hydrogen-bond donors (Lipinski definition) is 1. The second-order valence-electron chi connectivity index (χ2n) is 7.21. The number of hydrogen-bond acceptors (Lipinski definition) is 5. The van der Waals surface area contributed by atoms with Crippen molar-refractivity contribution in [3.63, 3.8) is 0 Å². The SMILES string of the molecule is C=CCn1c(SCc2ccc(C(=O)Nc3ccccc3OC)cc2)nnc1-c1ccccc1. The number of nitrogens with zero attached hydrogens (tertiary/aromatic N) is 3. The van der Waals surface area contributed by atoms with Gasteiger partial charge in [0.2, 0.25) is 0 Å². The number of para-hydroxylation sites is 2. The summed E-state index contributed by atoms with van der Waals surface area (Å²) in [5, 5.41) is 12.5. The molecule has 1 heterocycles. The summed E-state index contributed by atoms with van der Waals surface area (Å²) in [4.78, 5) is 12.6. The average molecular weight is 457 g/mol. The van der Waals surface area contributed by atoms with Crippen LogP contribution in [0.25, 0.3) is 11.4 Å². The molecule has 0 saturated carbocycles. The molecule has 0 radical (unpaired) electrons. The number of thioether (sulfide) groups is 1. The Kier molecular flexibility index (Phi) is 7.22. The molecule has 0 aliphatic rings. The van der Waals surface area contributed by atoms with Gasteiger partial charge in [-0.3, -0.25) is 9.36 Å². The molecule has 0 atom stereocenters. The number of benzene rings is 3. The smallest absolute Gasteiger partial charge is 0.255 e. The molecule has 6 nitrogen and oxygen atoms in total. The Morgan fingerprint density at radius 1 is 1.03 bits per heavy atom. The maximum atomic E-state index is 12.6. The molecule has 0 fully saturated rings. The van der Waals surface area contributed by atoms with Crippen LogP contribution in [0.2, 0.25) is 0 Å². The standard InChI is InChI=1S/C26H24N4O2S/c1-3-17-30-24(20-9-5-4-6-10-20)28-29-26(30)33-18-19-13-15-21(16-14-19)25(31)27-22-11-7-8-12-23(22)32-2/h3-16H,1,17-18H2,2H3,(H,27,31). The van der Waals surface area contributed by atoms with Crippen molar-refractivity contribution >= 4 is 23.4 Å². The Bertz CT molecular complexity index is 1240. The molecule has 1 aromatic heterocycles. The lowest BCUT2D eigenvalue weighted by Crippen LogP contribution is -2.12. The van der Waals surface area contributed by atoms with Crippen LogP contribution in [0.1, 0.15) is 15.9 Å². The summed E-state index contributed by atoms with van der Waals surface area (Å²) in [6.07, 6.45) is 1.84. The van der Waals surface area contributed by atoms with Gasteiger partial charge in [0.25, 0.3) is 5.91 Å². The van der Waals surface area contributed by atoms with Gasteiger partial charge in [-0.15, -0.1) is 16.8 Å². The molecular weight excluding hydrogens is 432 g/mol. The molecule has 1 N–H and O–H groups in total. The summed E-state index contributed by atoms with van der Waals surface area (Å²) in [7, 11) is 1.58.